The first-order chi connectivity index (χ1) is 17.2. The Kier molecular flexibility index (Phi) is 9.08. The van der Waals surface area contributed by atoms with Crippen LogP contribution in [0.4, 0.5) is 0 Å². The Bertz CT molecular complexity index is 1300. The second-order valence-electron chi connectivity index (χ2n) is 9.83. The monoisotopic (exact) mass is 494 g/mol. The average molecular weight is 495 g/mol. The molecule has 1 N–H and O–H groups in total. The van der Waals surface area contributed by atoms with E-state index in [2.05, 4.69) is 40.9 Å². The highest BCUT2D eigenvalue weighted by Crippen LogP contribution is 2.42. The number of benzene rings is 2. The van der Waals surface area contributed by atoms with Crippen molar-refractivity contribution < 1.29 is 23.7 Å². The van der Waals surface area contributed by atoms with E-state index in [0.717, 1.165) is 12.8 Å². The molecule has 194 valence electrons. The van der Waals surface area contributed by atoms with Gasteiger partial charge in [-0.05, 0) is 37.5 Å². The van der Waals surface area contributed by atoms with Crippen LogP contribution < -0.4 is 19.6 Å². The molecule has 3 aromatic rings. The molecule has 1 aromatic heterocycles. The van der Waals surface area contributed by atoms with Gasteiger partial charge in [-0.2, -0.15) is 0 Å². The molecule has 3 rings (SSSR count). The minimum Gasteiger partial charge on any atom is -0.507 e. The number of phenols is 1. The van der Waals surface area contributed by atoms with Crippen molar-refractivity contribution in [1.82, 2.24) is 0 Å². The number of aromatic hydroxyl groups is 1. The number of methoxy groups -OCH3 is 1. The van der Waals surface area contributed by atoms with Gasteiger partial charge in [0.25, 0.3) is 0 Å². The van der Waals surface area contributed by atoms with Crippen LogP contribution in [0.3, 0.4) is 0 Å². The van der Waals surface area contributed by atoms with Crippen LogP contribution in [0.2, 0.25) is 0 Å². The van der Waals surface area contributed by atoms with Gasteiger partial charge >= 0.3 is 0 Å². The Labute approximate surface area is 213 Å². The number of ether oxygens (including phenoxy) is 3. The summed E-state index contributed by atoms with van der Waals surface area (Å²) in [5.41, 5.74) is 1.65. The minimum atomic E-state index is -0.294. The van der Waals surface area contributed by atoms with E-state index in [1.165, 1.54) is 0 Å². The molecule has 0 saturated carbocycles. The van der Waals surface area contributed by atoms with Crippen molar-refractivity contribution in [3.8, 4) is 23.0 Å². The predicted molar refractivity (Wildman–Crippen MR) is 146 cm³/mol. The van der Waals surface area contributed by atoms with Gasteiger partial charge < -0.3 is 23.7 Å². The van der Waals surface area contributed by atoms with Gasteiger partial charge in [0, 0.05) is 23.3 Å². The molecule has 0 aliphatic carbocycles. The summed E-state index contributed by atoms with van der Waals surface area (Å²) in [4.78, 5) is 14.0. The molecule has 0 spiro atoms. The van der Waals surface area contributed by atoms with Crippen molar-refractivity contribution >= 4 is 21.9 Å². The normalized spacial score (nSPS) is 11.4. The summed E-state index contributed by atoms with van der Waals surface area (Å²) < 4.78 is 23.7. The topological polar surface area (TPSA) is 78.1 Å². The Morgan fingerprint density at radius 2 is 1.42 bits per heavy atom. The smallest absolute Gasteiger partial charge is 0.204 e. The quantitative estimate of drug-likeness (QED) is 0.204. The first-order valence-electron chi connectivity index (χ1n) is 12.6. The van der Waals surface area contributed by atoms with Crippen molar-refractivity contribution in [2.24, 2.45) is 11.8 Å². The molecule has 0 aliphatic rings. The summed E-state index contributed by atoms with van der Waals surface area (Å²) in [5.74, 6) is 2.20. The highest BCUT2D eigenvalue weighted by Gasteiger charge is 2.25. The van der Waals surface area contributed by atoms with Crippen molar-refractivity contribution in [2.45, 2.75) is 53.4 Å². The fourth-order valence-corrected chi connectivity index (χ4v) is 4.31. The largest absolute Gasteiger partial charge is 0.507 e. The minimum absolute atomic E-state index is 0.0939. The molecule has 0 amide bonds. The second kappa shape index (κ2) is 12.0. The Balaban J connectivity index is 2.39. The lowest BCUT2D eigenvalue weighted by Gasteiger charge is -2.18. The van der Waals surface area contributed by atoms with Gasteiger partial charge in [0.1, 0.15) is 41.3 Å². The summed E-state index contributed by atoms with van der Waals surface area (Å²) in [6.45, 7) is 16.5. The zero-order valence-electron chi connectivity index (χ0n) is 22.1. The fourth-order valence-electron chi connectivity index (χ4n) is 4.31. The van der Waals surface area contributed by atoms with E-state index < -0.39 is 0 Å². The van der Waals surface area contributed by atoms with Crippen LogP contribution in [0.15, 0.2) is 46.7 Å². The zero-order chi connectivity index (χ0) is 26.4. The molecule has 0 unspecified atom stereocenters. The lowest BCUT2D eigenvalue weighted by molar-refractivity contribution is 0.324. The van der Waals surface area contributed by atoms with E-state index in [1.54, 1.807) is 31.4 Å². The van der Waals surface area contributed by atoms with Gasteiger partial charge in [-0.25, -0.2) is 0 Å². The summed E-state index contributed by atoms with van der Waals surface area (Å²) >= 11 is 0. The molecular formula is C30H38O6. The Morgan fingerprint density at radius 1 is 0.889 bits per heavy atom. The van der Waals surface area contributed by atoms with Crippen molar-refractivity contribution in [3.05, 3.63) is 58.8 Å². The van der Waals surface area contributed by atoms with Gasteiger partial charge in [0.05, 0.1) is 12.5 Å². The SMILES string of the molecule is C=CCOc1cc2oc3cc(OCC=C)c(OC)c(CCC(C)C)c3c(=O)c2c(O)c1CCC(C)C. The molecule has 0 fully saturated rings. The van der Waals surface area contributed by atoms with E-state index in [-0.39, 0.29) is 35.4 Å². The van der Waals surface area contributed by atoms with Crippen LogP contribution in [0.1, 0.15) is 51.7 Å². The van der Waals surface area contributed by atoms with Crippen LogP contribution in [-0.2, 0) is 12.8 Å². The number of rotatable bonds is 13. The van der Waals surface area contributed by atoms with Crippen LogP contribution in [0, 0.1) is 11.8 Å². The molecular weight excluding hydrogens is 456 g/mol. The molecule has 2 aromatic carbocycles. The number of hydrogen-bond acceptors (Lipinski definition) is 6. The molecule has 0 radical (unpaired) electrons. The number of fused-ring (bicyclic) bond motifs is 2. The van der Waals surface area contributed by atoms with Gasteiger partial charge in [-0.15, -0.1) is 0 Å². The van der Waals surface area contributed by atoms with Gasteiger partial charge in [0.2, 0.25) is 5.43 Å². The van der Waals surface area contributed by atoms with Crippen LogP contribution in [-0.4, -0.2) is 25.4 Å². The third-order valence-corrected chi connectivity index (χ3v) is 6.17. The average Bonchev–Trinajstić information content (AvgIpc) is 2.83. The van der Waals surface area contributed by atoms with E-state index in [4.69, 9.17) is 18.6 Å². The van der Waals surface area contributed by atoms with Crippen molar-refractivity contribution in [2.75, 3.05) is 20.3 Å². The summed E-state index contributed by atoms with van der Waals surface area (Å²) in [5, 5.41) is 11.9. The van der Waals surface area contributed by atoms with Crippen molar-refractivity contribution in [3.63, 3.8) is 0 Å². The van der Waals surface area contributed by atoms with E-state index in [9.17, 15) is 9.90 Å². The molecule has 6 heteroatoms. The van der Waals surface area contributed by atoms with Crippen LogP contribution in [0.25, 0.3) is 21.9 Å². The standard InChI is InChI=1S/C30H38O6/c1-8-14-34-22-16-24-27(28(31)20(22)12-10-18(3)4)29(32)26-21(13-11-19(5)6)30(33-7)25(35-15-9-2)17-23(26)36-24/h8-9,16-19,31H,1-2,10-15H2,3-7H3. The molecule has 0 atom stereocenters. The number of aryl methyl sites for hydroxylation is 1. The van der Waals surface area contributed by atoms with E-state index in [0.29, 0.717) is 64.0 Å². The second-order valence-corrected chi connectivity index (χ2v) is 9.83. The van der Waals surface area contributed by atoms with Crippen LogP contribution in [0.5, 0.6) is 23.0 Å². The summed E-state index contributed by atoms with van der Waals surface area (Å²) in [6.07, 6.45) is 6.13. The maximum atomic E-state index is 14.0. The highest BCUT2D eigenvalue weighted by molar-refractivity contribution is 5.97. The first kappa shape index (κ1) is 27.2. The predicted octanol–water partition coefficient (Wildman–Crippen LogP) is 6.97. The molecule has 0 saturated heterocycles. The lowest BCUT2D eigenvalue weighted by Crippen LogP contribution is -2.11. The lowest BCUT2D eigenvalue weighted by atomic mass is 9.95. The highest BCUT2D eigenvalue weighted by atomic mass is 16.5. The van der Waals surface area contributed by atoms with Gasteiger partial charge in [0.15, 0.2) is 11.5 Å². The molecule has 0 aliphatic heterocycles. The summed E-state index contributed by atoms with van der Waals surface area (Å²) in [6, 6.07) is 3.36. The molecule has 36 heavy (non-hydrogen) atoms. The van der Waals surface area contributed by atoms with Crippen molar-refractivity contribution in [1.29, 1.82) is 0 Å². The number of hydrogen-bond donors (Lipinski definition) is 1. The molecule has 6 nitrogen and oxygen atoms in total. The first-order valence-corrected chi connectivity index (χ1v) is 12.6. The number of phenolic OH excluding ortho intramolecular Hbond substituents is 1. The molecule has 1 heterocycles. The fraction of sp³-hybridized carbons (Fsp3) is 0.433. The van der Waals surface area contributed by atoms with Crippen LogP contribution >= 0.6 is 0 Å². The third-order valence-electron chi connectivity index (χ3n) is 6.17. The van der Waals surface area contributed by atoms with E-state index in [1.807, 2.05) is 0 Å². The Hall–Kier alpha value is -3.41. The summed E-state index contributed by atoms with van der Waals surface area (Å²) in [7, 11) is 1.56. The third kappa shape index (κ3) is 5.69. The van der Waals surface area contributed by atoms with Gasteiger partial charge in [-0.1, -0.05) is 53.0 Å². The Morgan fingerprint density at radius 3 is 1.97 bits per heavy atom. The van der Waals surface area contributed by atoms with E-state index >= 15 is 0 Å². The maximum Gasteiger partial charge on any atom is 0.204 e. The maximum absolute atomic E-state index is 14.0. The zero-order valence-corrected chi connectivity index (χ0v) is 22.1. The molecule has 0 bridgehead atoms. The van der Waals surface area contributed by atoms with Gasteiger partial charge in [-0.3, -0.25) is 4.79 Å².